The van der Waals surface area contributed by atoms with Crippen LogP contribution in [-0.4, -0.2) is 25.6 Å². The molecule has 1 amide bonds. The number of amides is 1. The van der Waals surface area contributed by atoms with Gasteiger partial charge in [-0.05, 0) is 30.5 Å². The molecule has 0 spiro atoms. The lowest BCUT2D eigenvalue weighted by Gasteiger charge is -2.07. The van der Waals surface area contributed by atoms with Crippen LogP contribution in [0, 0.1) is 0 Å². The summed E-state index contributed by atoms with van der Waals surface area (Å²) in [5.74, 6) is 0.906. The van der Waals surface area contributed by atoms with Crippen LogP contribution in [0.3, 0.4) is 0 Å². The molecule has 0 radical (unpaired) electrons. The minimum atomic E-state index is 0.0889. The van der Waals surface area contributed by atoms with Crippen LogP contribution < -0.4 is 15.4 Å². The van der Waals surface area contributed by atoms with E-state index in [2.05, 4.69) is 10.6 Å². The number of carbonyl (C=O) groups excluding carboxylic acids is 1. The summed E-state index contributed by atoms with van der Waals surface area (Å²) in [4.78, 5) is 11.6. The lowest BCUT2D eigenvalue weighted by molar-refractivity contribution is -0.121. The van der Waals surface area contributed by atoms with Gasteiger partial charge in [-0.1, -0.05) is 12.1 Å². The number of rotatable bonds is 7. The molecule has 0 bridgehead atoms. The van der Waals surface area contributed by atoms with E-state index >= 15 is 0 Å². The number of benzene rings is 1. The Morgan fingerprint density at radius 1 is 1.44 bits per heavy atom. The third kappa shape index (κ3) is 4.37. The first-order valence-corrected chi connectivity index (χ1v) is 6.41. The lowest BCUT2D eigenvalue weighted by atomic mass is 10.2. The van der Waals surface area contributed by atoms with E-state index in [1.807, 2.05) is 24.3 Å². The molecule has 1 aromatic carbocycles. The van der Waals surface area contributed by atoms with Crippen molar-refractivity contribution in [2.75, 3.05) is 13.7 Å². The van der Waals surface area contributed by atoms with E-state index in [-0.39, 0.29) is 5.91 Å². The molecule has 1 fully saturated rings. The SMILES string of the molecule is COc1cccc(CNC(=O)CCNC2CC2)c1. The molecule has 0 unspecified atom stereocenters. The minimum Gasteiger partial charge on any atom is -0.497 e. The van der Waals surface area contributed by atoms with Gasteiger partial charge in [-0.2, -0.15) is 0 Å². The average Bonchev–Trinajstić information content (AvgIpc) is 3.21. The first-order valence-electron chi connectivity index (χ1n) is 6.41. The van der Waals surface area contributed by atoms with E-state index in [1.54, 1.807) is 7.11 Å². The maximum Gasteiger partial charge on any atom is 0.221 e. The fourth-order valence-electron chi connectivity index (χ4n) is 1.75. The molecule has 2 rings (SSSR count). The summed E-state index contributed by atoms with van der Waals surface area (Å²) < 4.78 is 5.14. The predicted molar refractivity (Wildman–Crippen MR) is 70.5 cm³/mol. The van der Waals surface area contributed by atoms with Crippen LogP contribution in [0.25, 0.3) is 0 Å². The quantitative estimate of drug-likeness (QED) is 0.768. The van der Waals surface area contributed by atoms with E-state index in [9.17, 15) is 4.79 Å². The molecule has 1 aliphatic carbocycles. The smallest absolute Gasteiger partial charge is 0.221 e. The molecule has 98 valence electrons. The Kier molecular flexibility index (Phi) is 4.59. The predicted octanol–water partition coefficient (Wildman–Crippen LogP) is 1.45. The van der Waals surface area contributed by atoms with Crippen LogP contribution >= 0.6 is 0 Å². The molecule has 0 aliphatic heterocycles. The van der Waals surface area contributed by atoms with E-state index in [0.29, 0.717) is 19.0 Å². The van der Waals surface area contributed by atoms with E-state index < -0.39 is 0 Å². The molecule has 2 N–H and O–H groups in total. The van der Waals surface area contributed by atoms with Crippen molar-refractivity contribution in [1.82, 2.24) is 10.6 Å². The Morgan fingerprint density at radius 3 is 3.00 bits per heavy atom. The largest absolute Gasteiger partial charge is 0.497 e. The Morgan fingerprint density at radius 2 is 2.28 bits per heavy atom. The van der Waals surface area contributed by atoms with Crippen LogP contribution in [0.5, 0.6) is 5.75 Å². The zero-order chi connectivity index (χ0) is 12.8. The van der Waals surface area contributed by atoms with Crippen LogP contribution in [0.4, 0.5) is 0 Å². The summed E-state index contributed by atoms with van der Waals surface area (Å²) in [5, 5.41) is 6.23. The number of hydrogen-bond donors (Lipinski definition) is 2. The second-order valence-corrected chi connectivity index (χ2v) is 4.61. The Balaban J connectivity index is 1.67. The monoisotopic (exact) mass is 248 g/mol. The Labute approximate surface area is 108 Å². The third-order valence-corrected chi connectivity index (χ3v) is 2.99. The van der Waals surface area contributed by atoms with Crippen molar-refractivity contribution in [3.8, 4) is 5.75 Å². The highest BCUT2D eigenvalue weighted by Gasteiger charge is 2.19. The zero-order valence-corrected chi connectivity index (χ0v) is 10.7. The molecule has 1 aromatic rings. The second-order valence-electron chi connectivity index (χ2n) is 4.61. The minimum absolute atomic E-state index is 0.0889. The summed E-state index contributed by atoms with van der Waals surface area (Å²) >= 11 is 0. The normalized spacial score (nSPS) is 14.3. The lowest BCUT2D eigenvalue weighted by Crippen LogP contribution is -2.28. The van der Waals surface area contributed by atoms with E-state index in [1.165, 1.54) is 12.8 Å². The second kappa shape index (κ2) is 6.40. The van der Waals surface area contributed by atoms with Gasteiger partial charge in [-0.3, -0.25) is 4.79 Å². The molecule has 18 heavy (non-hydrogen) atoms. The van der Waals surface area contributed by atoms with Gasteiger partial charge in [0.1, 0.15) is 5.75 Å². The molecule has 0 heterocycles. The van der Waals surface area contributed by atoms with Crippen LogP contribution in [0.1, 0.15) is 24.8 Å². The average molecular weight is 248 g/mol. The summed E-state index contributed by atoms with van der Waals surface area (Å²) in [6, 6.07) is 8.39. The van der Waals surface area contributed by atoms with Gasteiger partial charge in [0.2, 0.25) is 5.91 Å². The fourth-order valence-corrected chi connectivity index (χ4v) is 1.75. The van der Waals surface area contributed by atoms with Gasteiger partial charge in [0, 0.05) is 25.6 Å². The maximum absolute atomic E-state index is 11.6. The van der Waals surface area contributed by atoms with Gasteiger partial charge in [-0.15, -0.1) is 0 Å². The molecular weight excluding hydrogens is 228 g/mol. The van der Waals surface area contributed by atoms with Crippen molar-refractivity contribution in [2.24, 2.45) is 0 Å². The third-order valence-electron chi connectivity index (χ3n) is 2.99. The van der Waals surface area contributed by atoms with E-state index in [0.717, 1.165) is 17.9 Å². The number of carbonyl (C=O) groups is 1. The molecule has 0 atom stereocenters. The van der Waals surface area contributed by atoms with Gasteiger partial charge in [-0.25, -0.2) is 0 Å². The van der Waals surface area contributed by atoms with Crippen molar-refractivity contribution in [3.05, 3.63) is 29.8 Å². The zero-order valence-electron chi connectivity index (χ0n) is 10.7. The molecule has 4 heteroatoms. The number of hydrogen-bond acceptors (Lipinski definition) is 3. The molecule has 1 aliphatic rings. The van der Waals surface area contributed by atoms with Crippen LogP contribution in [0.2, 0.25) is 0 Å². The molecule has 0 aromatic heterocycles. The first kappa shape index (κ1) is 12.9. The number of nitrogens with one attached hydrogen (secondary N) is 2. The van der Waals surface area contributed by atoms with Crippen molar-refractivity contribution < 1.29 is 9.53 Å². The fraction of sp³-hybridized carbons (Fsp3) is 0.500. The number of methoxy groups -OCH3 is 1. The van der Waals surface area contributed by atoms with Gasteiger partial charge >= 0.3 is 0 Å². The maximum atomic E-state index is 11.6. The van der Waals surface area contributed by atoms with Crippen molar-refractivity contribution in [3.63, 3.8) is 0 Å². The standard InChI is InChI=1S/C14H20N2O2/c1-18-13-4-2-3-11(9-13)10-16-14(17)7-8-15-12-5-6-12/h2-4,9,12,15H,5-8,10H2,1H3,(H,16,17). The topological polar surface area (TPSA) is 50.4 Å². The van der Waals surface area contributed by atoms with Crippen LogP contribution in [-0.2, 0) is 11.3 Å². The van der Waals surface area contributed by atoms with E-state index in [4.69, 9.17) is 4.74 Å². The molecule has 0 saturated heterocycles. The molecule has 4 nitrogen and oxygen atoms in total. The van der Waals surface area contributed by atoms with Crippen molar-refractivity contribution in [2.45, 2.75) is 31.8 Å². The molecule has 1 saturated carbocycles. The van der Waals surface area contributed by atoms with Crippen LogP contribution in [0.15, 0.2) is 24.3 Å². The highest BCUT2D eigenvalue weighted by molar-refractivity contribution is 5.76. The Hall–Kier alpha value is -1.55. The first-order chi connectivity index (χ1) is 8.78. The van der Waals surface area contributed by atoms with Gasteiger partial charge in [0.05, 0.1) is 7.11 Å². The summed E-state index contributed by atoms with van der Waals surface area (Å²) in [6.45, 7) is 1.33. The van der Waals surface area contributed by atoms with Crippen molar-refractivity contribution in [1.29, 1.82) is 0 Å². The highest BCUT2D eigenvalue weighted by atomic mass is 16.5. The van der Waals surface area contributed by atoms with Gasteiger partial charge < -0.3 is 15.4 Å². The highest BCUT2D eigenvalue weighted by Crippen LogP contribution is 2.18. The summed E-state index contributed by atoms with van der Waals surface area (Å²) in [7, 11) is 1.64. The number of ether oxygens (including phenoxy) is 1. The molecular formula is C14H20N2O2. The van der Waals surface area contributed by atoms with Crippen molar-refractivity contribution >= 4 is 5.91 Å². The van der Waals surface area contributed by atoms with Gasteiger partial charge in [0.25, 0.3) is 0 Å². The Bertz CT molecular complexity index is 403. The summed E-state index contributed by atoms with van der Waals surface area (Å²) in [5.41, 5.74) is 1.05. The summed E-state index contributed by atoms with van der Waals surface area (Å²) in [6.07, 6.45) is 3.05. The van der Waals surface area contributed by atoms with Gasteiger partial charge in [0.15, 0.2) is 0 Å².